The number of amides is 1. The molecule has 0 unspecified atom stereocenters. The predicted molar refractivity (Wildman–Crippen MR) is 71.9 cm³/mol. The first-order valence-electron chi connectivity index (χ1n) is 6.12. The number of carboxylic acids is 1. The van der Waals surface area contributed by atoms with Crippen molar-refractivity contribution in [2.24, 2.45) is 0 Å². The molecule has 1 aromatic carbocycles. The number of aliphatic carboxylic acids is 1. The van der Waals surface area contributed by atoms with Crippen LogP contribution in [0.1, 0.15) is 12.5 Å². The summed E-state index contributed by atoms with van der Waals surface area (Å²) in [7, 11) is -4.35. The zero-order valence-electron chi connectivity index (χ0n) is 11.7. The topological polar surface area (TPSA) is 113 Å². The number of nitrogens with one attached hydrogen (secondary N) is 2. The van der Waals surface area contributed by atoms with E-state index in [0.717, 1.165) is 12.1 Å². The molecule has 0 radical (unpaired) electrons. The highest BCUT2D eigenvalue weighted by Gasteiger charge is 2.31. The Morgan fingerprint density at radius 1 is 1.30 bits per heavy atom. The summed E-state index contributed by atoms with van der Waals surface area (Å²) >= 11 is 0. The number of rotatable bonds is 6. The molecule has 128 valence electrons. The number of hydrogen-bond acceptors (Lipinski definition) is 4. The minimum absolute atomic E-state index is 0.431. The van der Waals surface area contributed by atoms with E-state index in [1.54, 1.807) is 4.72 Å². The van der Waals surface area contributed by atoms with Crippen LogP contribution in [0, 0.1) is 0 Å². The van der Waals surface area contributed by atoms with Crippen LogP contribution in [0.3, 0.4) is 0 Å². The summed E-state index contributed by atoms with van der Waals surface area (Å²) in [6.45, 7) is 0.359. The summed E-state index contributed by atoms with van der Waals surface area (Å²) in [5, 5.41) is 10.6. The van der Waals surface area contributed by atoms with Crippen LogP contribution in [0.25, 0.3) is 0 Å². The molecule has 1 atom stereocenters. The maximum absolute atomic E-state index is 12.6. The lowest BCUT2D eigenvalue weighted by Gasteiger charge is -2.11. The van der Waals surface area contributed by atoms with Crippen molar-refractivity contribution in [3.63, 3.8) is 0 Å². The van der Waals surface area contributed by atoms with Gasteiger partial charge in [-0.3, -0.25) is 9.59 Å². The molecular formula is C12H13F3N2O5S. The molecule has 0 fully saturated rings. The molecule has 0 bridgehead atoms. The first kappa shape index (κ1) is 18.9. The van der Waals surface area contributed by atoms with Gasteiger partial charge in [-0.2, -0.15) is 13.2 Å². The Bertz CT molecular complexity index is 703. The molecule has 0 saturated carbocycles. The van der Waals surface area contributed by atoms with Crippen LogP contribution in [-0.4, -0.2) is 38.0 Å². The van der Waals surface area contributed by atoms with Crippen LogP contribution in [-0.2, 0) is 25.8 Å². The first-order valence-corrected chi connectivity index (χ1v) is 7.61. The van der Waals surface area contributed by atoms with E-state index in [0.29, 0.717) is 12.1 Å². The Morgan fingerprint density at radius 2 is 1.91 bits per heavy atom. The molecule has 0 aromatic heterocycles. The number of halogens is 3. The monoisotopic (exact) mass is 354 g/mol. The molecule has 11 heteroatoms. The maximum Gasteiger partial charge on any atom is 0.416 e. The number of alkyl halides is 3. The predicted octanol–water partition coefficient (Wildman–Crippen LogP) is 0.573. The molecule has 1 rings (SSSR count). The van der Waals surface area contributed by atoms with Crippen molar-refractivity contribution in [1.82, 2.24) is 10.0 Å². The fraction of sp³-hybridized carbons (Fsp3) is 0.333. The van der Waals surface area contributed by atoms with Gasteiger partial charge in [0, 0.05) is 0 Å². The van der Waals surface area contributed by atoms with Crippen LogP contribution in [0.2, 0.25) is 0 Å². The molecule has 3 N–H and O–H groups in total. The number of sulfonamides is 1. The van der Waals surface area contributed by atoms with Gasteiger partial charge in [-0.25, -0.2) is 13.1 Å². The van der Waals surface area contributed by atoms with Crippen LogP contribution in [0.5, 0.6) is 0 Å². The van der Waals surface area contributed by atoms with Crippen LogP contribution in [0.4, 0.5) is 13.2 Å². The highest BCUT2D eigenvalue weighted by Crippen LogP contribution is 2.30. The van der Waals surface area contributed by atoms with E-state index < -0.39 is 51.1 Å². The Morgan fingerprint density at radius 3 is 2.43 bits per heavy atom. The van der Waals surface area contributed by atoms with Crippen molar-refractivity contribution in [3.05, 3.63) is 29.8 Å². The van der Waals surface area contributed by atoms with E-state index in [-0.39, 0.29) is 0 Å². The standard InChI is InChI=1S/C12H13F3N2O5S/c1-7(11(19)20)17-10(18)6-16-23(21,22)9-4-2-3-8(5-9)12(13,14)15/h2-5,7,16H,6H2,1H3,(H,17,18)(H,19,20)/t7-/m1/s1. The molecule has 0 aliphatic carbocycles. The van der Waals surface area contributed by atoms with Gasteiger partial charge in [0.15, 0.2) is 0 Å². The molecule has 0 aliphatic rings. The Kier molecular flexibility index (Phi) is 5.72. The highest BCUT2D eigenvalue weighted by atomic mass is 32.2. The van der Waals surface area contributed by atoms with E-state index in [2.05, 4.69) is 0 Å². The number of carboxylic acid groups (broad SMARTS) is 1. The first-order chi connectivity index (χ1) is 10.4. The van der Waals surface area contributed by atoms with E-state index >= 15 is 0 Å². The normalized spacial score (nSPS) is 13.4. The zero-order valence-corrected chi connectivity index (χ0v) is 12.5. The number of hydrogen-bond donors (Lipinski definition) is 3. The van der Waals surface area contributed by atoms with Crippen molar-refractivity contribution in [2.45, 2.75) is 24.0 Å². The van der Waals surface area contributed by atoms with Gasteiger partial charge in [0.1, 0.15) is 6.04 Å². The lowest BCUT2D eigenvalue weighted by atomic mass is 10.2. The van der Waals surface area contributed by atoms with Gasteiger partial charge < -0.3 is 10.4 Å². The second-order valence-corrected chi connectivity index (χ2v) is 6.24. The van der Waals surface area contributed by atoms with Crippen LogP contribution in [0.15, 0.2) is 29.2 Å². The third-order valence-corrected chi connectivity index (χ3v) is 4.04. The van der Waals surface area contributed by atoms with Crippen LogP contribution >= 0.6 is 0 Å². The summed E-state index contributed by atoms with van der Waals surface area (Å²) in [4.78, 5) is 21.2. The van der Waals surface area contributed by atoms with Crippen molar-refractivity contribution in [2.75, 3.05) is 6.54 Å². The van der Waals surface area contributed by atoms with E-state index in [1.165, 1.54) is 6.92 Å². The summed E-state index contributed by atoms with van der Waals surface area (Å²) in [5.74, 6) is -2.26. The summed E-state index contributed by atoms with van der Waals surface area (Å²) in [6, 6.07) is 1.76. The number of carbonyl (C=O) groups excluding carboxylic acids is 1. The number of carbonyl (C=O) groups is 2. The molecular weight excluding hydrogens is 341 g/mol. The van der Waals surface area contributed by atoms with Gasteiger partial charge in [0.05, 0.1) is 17.0 Å². The molecule has 1 aromatic rings. The Labute approximate surface area is 129 Å². The fourth-order valence-corrected chi connectivity index (χ4v) is 2.47. The average Bonchev–Trinajstić information content (AvgIpc) is 2.44. The summed E-state index contributed by atoms with van der Waals surface area (Å²) in [5.41, 5.74) is -1.15. The molecule has 0 heterocycles. The smallest absolute Gasteiger partial charge is 0.416 e. The second kappa shape index (κ2) is 6.96. The van der Waals surface area contributed by atoms with E-state index in [9.17, 15) is 31.2 Å². The average molecular weight is 354 g/mol. The molecule has 0 aliphatic heterocycles. The quantitative estimate of drug-likeness (QED) is 0.691. The minimum Gasteiger partial charge on any atom is -0.480 e. The molecule has 23 heavy (non-hydrogen) atoms. The largest absolute Gasteiger partial charge is 0.480 e. The Balaban J connectivity index is 2.81. The third-order valence-electron chi connectivity index (χ3n) is 2.64. The lowest BCUT2D eigenvalue weighted by Crippen LogP contribution is -2.43. The molecule has 0 spiro atoms. The number of benzene rings is 1. The van der Waals surface area contributed by atoms with Crippen molar-refractivity contribution in [3.8, 4) is 0 Å². The van der Waals surface area contributed by atoms with Gasteiger partial charge in [-0.1, -0.05) is 6.07 Å². The van der Waals surface area contributed by atoms with Gasteiger partial charge in [0.2, 0.25) is 15.9 Å². The van der Waals surface area contributed by atoms with E-state index in [1.807, 2.05) is 5.32 Å². The molecule has 7 nitrogen and oxygen atoms in total. The highest BCUT2D eigenvalue weighted by molar-refractivity contribution is 7.89. The lowest BCUT2D eigenvalue weighted by molar-refractivity contribution is -0.141. The second-order valence-electron chi connectivity index (χ2n) is 4.48. The minimum atomic E-state index is -4.71. The molecule has 0 saturated heterocycles. The maximum atomic E-state index is 12.6. The fourth-order valence-electron chi connectivity index (χ4n) is 1.44. The van der Waals surface area contributed by atoms with Gasteiger partial charge in [-0.15, -0.1) is 0 Å². The van der Waals surface area contributed by atoms with Crippen molar-refractivity contribution in [1.29, 1.82) is 0 Å². The zero-order chi connectivity index (χ0) is 17.8. The Hall–Kier alpha value is -2.14. The van der Waals surface area contributed by atoms with Gasteiger partial charge in [-0.05, 0) is 25.1 Å². The van der Waals surface area contributed by atoms with Gasteiger partial charge >= 0.3 is 12.1 Å². The summed E-state index contributed by atoms with van der Waals surface area (Å²) in [6.07, 6.45) is -4.71. The van der Waals surface area contributed by atoms with Gasteiger partial charge in [0.25, 0.3) is 0 Å². The van der Waals surface area contributed by atoms with Crippen molar-refractivity contribution >= 4 is 21.9 Å². The van der Waals surface area contributed by atoms with Crippen molar-refractivity contribution < 1.29 is 36.3 Å². The SMILES string of the molecule is C[C@@H](NC(=O)CNS(=O)(=O)c1cccc(C(F)(F)F)c1)C(=O)O. The van der Waals surface area contributed by atoms with Crippen LogP contribution < -0.4 is 10.0 Å². The third kappa shape index (κ3) is 5.53. The summed E-state index contributed by atoms with van der Waals surface area (Å²) < 4.78 is 63.2. The molecule has 1 amide bonds. The van der Waals surface area contributed by atoms with E-state index in [4.69, 9.17) is 5.11 Å².